The highest BCUT2D eigenvalue weighted by Gasteiger charge is 2.17. The first kappa shape index (κ1) is 19.0. The summed E-state index contributed by atoms with van der Waals surface area (Å²) in [5, 5.41) is 12.5. The molecule has 144 valence electrons. The highest BCUT2D eigenvalue weighted by molar-refractivity contribution is 6.32. The molecule has 5 heteroatoms. The molecule has 29 heavy (non-hydrogen) atoms. The molecule has 0 aliphatic rings. The third-order valence-corrected chi connectivity index (χ3v) is 5.20. The zero-order valence-corrected chi connectivity index (χ0v) is 16.8. The molecule has 0 unspecified atom stereocenters. The first-order valence-corrected chi connectivity index (χ1v) is 9.58. The number of benzene rings is 3. The predicted molar refractivity (Wildman–Crippen MR) is 119 cm³/mol. The van der Waals surface area contributed by atoms with Crippen LogP contribution in [0.15, 0.2) is 76.5 Å². The van der Waals surface area contributed by atoms with Crippen molar-refractivity contribution in [1.82, 2.24) is 4.57 Å². The van der Waals surface area contributed by atoms with E-state index in [2.05, 4.69) is 11.1 Å². The van der Waals surface area contributed by atoms with Gasteiger partial charge in [-0.2, -0.15) is 0 Å². The van der Waals surface area contributed by atoms with Crippen LogP contribution in [0, 0.1) is 13.8 Å². The van der Waals surface area contributed by atoms with Gasteiger partial charge in [0.05, 0.1) is 22.0 Å². The molecule has 0 aliphatic carbocycles. The van der Waals surface area contributed by atoms with Crippen molar-refractivity contribution in [3.63, 3.8) is 0 Å². The van der Waals surface area contributed by atoms with Crippen LogP contribution in [0.1, 0.15) is 16.7 Å². The van der Waals surface area contributed by atoms with Gasteiger partial charge in [-0.3, -0.25) is 9.79 Å². The Morgan fingerprint density at radius 2 is 1.66 bits per heavy atom. The SMILES string of the molecule is Cc1ccc(N=Cc2c(O)n(-c3ccccc3Cl)c(=O)c3ccccc23)c(C)c1. The summed E-state index contributed by atoms with van der Waals surface area (Å²) >= 11 is 6.31. The second-order valence-electron chi connectivity index (χ2n) is 6.92. The Balaban J connectivity index is 2.00. The molecular weight excluding hydrogens is 384 g/mol. The number of aliphatic imine (C=N–C) groups is 1. The van der Waals surface area contributed by atoms with E-state index < -0.39 is 0 Å². The first-order valence-electron chi connectivity index (χ1n) is 9.20. The van der Waals surface area contributed by atoms with Crippen LogP contribution in [0.5, 0.6) is 5.88 Å². The largest absolute Gasteiger partial charge is 0.494 e. The number of halogens is 1. The lowest BCUT2D eigenvalue weighted by molar-refractivity contribution is 0.436. The molecule has 0 saturated heterocycles. The Morgan fingerprint density at radius 3 is 2.38 bits per heavy atom. The van der Waals surface area contributed by atoms with E-state index in [0.717, 1.165) is 16.8 Å². The van der Waals surface area contributed by atoms with Gasteiger partial charge in [-0.25, -0.2) is 4.57 Å². The van der Waals surface area contributed by atoms with Crippen molar-refractivity contribution >= 4 is 34.3 Å². The van der Waals surface area contributed by atoms with Gasteiger partial charge in [0.2, 0.25) is 5.88 Å². The van der Waals surface area contributed by atoms with Crippen molar-refractivity contribution in [2.24, 2.45) is 4.99 Å². The number of hydrogen-bond acceptors (Lipinski definition) is 3. The van der Waals surface area contributed by atoms with E-state index in [0.29, 0.717) is 27.0 Å². The van der Waals surface area contributed by atoms with Gasteiger partial charge in [0.25, 0.3) is 5.56 Å². The van der Waals surface area contributed by atoms with Gasteiger partial charge in [-0.1, -0.05) is 59.6 Å². The van der Waals surface area contributed by atoms with Gasteiger partial charge in [-0.15, -0.1) is 0 Å². The van der Waals surface area contributed by atoms with Crippen LogP contribution in [0.3, 0.4) is 0 Å². The summed E-state index contributed by atoms with van der Waals surface area (Å²) in [7, 11) is 0. The minimum atomic E-state index is -0.338. The normalized spacial score (nSPS) is 11.4. The molecule has 3 aromatic carbocycles. The molecule has 0 aliphatic heterocycles. The van der Waals surface area contributed by atoms with E-state index in [1.54, 1.807) is 48.7 Å². The Kier molecular flexibility index (Phi) is 4.95. The number of aromatic nitrogens is 1. The lowest BCUT2D eigenvalue weighted by atomic mass is 10.1. The third-order valence-electron chi connectivity index (χ3n) is 4.88. The van der Waals surface area contributed by atoms with Crippen molar-refractivity contribution in [2.45, 2.75) is 13.8 Å². The molecular formula is C24H19ClN2O2. The second kappa shape index (κ2) is 7.57. The predicted octanol–water partition coefficient (Wildman–Crippen LogP) is 5.72. The van der Waals surface area contributed by atoms with Crippen LogP contribution in [-0.4, -0.2) is 15.9 Å². The average molecular weight is 403 g/mol. The minimum Gasteiger partial charge on any atom is -0.494 e. The number of pyridine rings is 1. The highest BCUT2D eigenvalue weighted by Crippen LogP contribution is 2.29. The average Bonchev–Trinajstić information content (AvgIpc) is 2.71. The van der Waals surface area contributed by atoms with Gasteiger partial charge in [0.1, 0.15) is 0 Å². The molecule has 0 bridgehead atoms. The Morgan fingerprint density at radius 1 is 0.966 bits per heavy atom. The maximum Gasteiger partial charge on any atom is 0.265 e. The summed E-state index contributed by atoms with van der Waals surface area (Å²) in [5.41, 5.74) is 3.53. The number of aryl methyl sites for hydroxylation is 2. The van der Waals surface area contributed by atoms with E-state index in [4.69, 9.17) is 11.6 Å². The van der Waals surface area contributed by atoms with E-state index in [9.17, 15) is 9.90 Å². The van der Waals surface area contributed by atoms with Gasteiger partial charge >= 0.3 is 0 Å². The zero-order valence-electron chi connectivity index (χ0n) is 16.1. The van der Waals surface area contributed by atoms with Crippen molar-refractivity contribution in [3.8, 4) is 11.6 Å². The fraction of sp³-hybridized carbons (Fsp3) is 0.0833. The van der Waals surface area contributed by atoms with E-state index in [1.807, 2.05) is 32.0 Å². The molecule has 4 rings (SSSR count). The van der Waals surface area contributed by atoms with Gasteiger partial charge < -0.3 is 5.11 Å². The Hall–Kier alpha value is -3.37. The van der Waals surface area contributed by atoms with Crippen LogP contribution < -0.4 is 5.56 Å². The molecule has 1 aromatic heterocycles. The van der Waals surface area contributed by atoms with Crippen molar-refractivity contribution in [1.29, 1.82) is 0 Å². The number of hydrogen-bond donors (Lipinski definition) is 1. The van der Waals surface area contributed by atoms with Gasteiger partial charge in [0.15, 0.2) is 0 Å². The fourth-order valence-corrected chi connectivity index (χ4v) is 3.65. The van der Waals surface area contributed by atoms with Gasteiger partial charge in [-0.05, 0) is 43.7 Å². The molecule has 0 saturated carbocycles. The molecule has 4 nitrogen and oxygen atoms in total. The summed E-state index contributed by atoms with van der Waals surface area (Å²) in [6, 6.07) is 20.1. The first-order chi connectivity index (χ1) is 14.0. The number of nitrogens with zero attached hydrogens (tertiary/aromatic N) is 2. The maximum absolute atomic E-state index is 13.1. The second-order valence-corrected chi connectivity index (χ2v) is 7.33. The molecule has 0 atom stereocenters. The van der Waals surface area contributed by atoms with E-state index >= 15 is 0 Å². The third kappa shape index (κ3) is 3.43. The molecule has 0 spiro atoms. The van der Waals surface area contributed by atoms with Crippen LogP contribution in [0.25, 0.3) is 16.5 Å². The van der Waals surface area contributed by atoms with Crippen molar-refractivity contribution < 1.29 is 5.11 Å². The van der Waals surface area contributed by atoms with E-state index in [1.165, 1.54) is 4.57 Å². The number of rotatable bonds is 3. The molecule has 0 radical (unpaired) electrons. The van der Waals surface area contributed by atoms with Crippen molar-refractivity contribution in [3.05, 3.63) is 98.8 Å². The number of para-hydroxylation sites is 1. The molecule has 1 heterocycles. The zero-order chi connectivity index (χ0) is 20.5. The standard InChI is InChI=1S/C24H19ClN2O2/c1-15-11-12-21(16(2)13-15)26-14-19-17-7-3-4-8-18(17)23(28)27(24(19)29)22-10-6-5-9-20(22)25/h3-14,29H,1-2H3. The summed E-state index contributed by atoms with van der Waals surface area (Å²) in [6.45, 7) is 4.02. The highest BCUT2D eigenvalue weighted by atomic mass is 35.5. The minimum absolute atomic E-state index is 0.199. The molecule has 0 fully saturated rings. The summed E-state index contributed by atoms with van der Waals surface area (Å²) in [4.78, 5) is 17.7. The van der Waals surface area contributed by atoms with Crippen LogP contribution in [-0.2, 0) is 0 Å². The fourth-order valence-electron chi connectivity index (χ4n) is 3.43. The lowest BCUT2D eigenvalue weighted by Gasteiger charge is -2.14. The Labute approximate surface area is 173 Å². The van der Waals surface area contributed by atoms with Gasteiger partial charge in [0, 0.05) is 17.0 Å². The molecule has 4 aromatic rings. The lowest BCUT2D eigenvalue weighted by Crippen LogP contribution is -2.20. The van der Waals surface area contributed by atoms with E-state index in [-0.39, 0.29) is 11.4 Å². The summed E-state index contributed by atoms with van der Waals surface area (Å²) in [6.07, 6.45) is 1.60. The monoisotopic (exact) mass is 402 g/mol. The number of fused-ring (bicyclic) bond motifs is 1. The summed E-state index contributed by atoms with van der Waals surface area (Å²) < 4.78 is 1.23. The molecule has 1 N–H and O–H groups in total. The smallest absolute Gasteiger partial charge is 0.265 e. The maximum atomic E-state index is 13.1. The Bertz CT molecular complexity index is 1320. The van der Waals surface area contributed by atoms with Crippen molar-refractivity contribution in [2.75, 3.05) is 0 Å². The summed E-state index contributed by atoms with van der Waals surface area (Å²) in [5.74, 6) is -0.199. The van der Waals surface area contributed by atoms with Crippen LogP contribution in [0.2, 0.25) is 5.02 Å². The molecule has 0 amide bonds. The number of aromatic hydroxyl groups is 1. The van der Waals surface area contributed by atoms with Crippen LogP contribution >= 0.6 is 11.6 Å². The van der Waals surface area contributed by atoms with Crippen LogP contribution in [0.4, 0.5) is 5.69 Å². The quantitative estimate of drug-likeness (QED) is 0.446. The topological polar surface area (TPSA) is 54.6 Å².